The molecule has 0 spiro atoms. The van der Waals surface area contributed by atoms with Crippen molar-refractivity contribution in [1.82, 2.24) is 15.2 Å². The van der Waals surface area contributed by atoms with Crippen molar-refractivity contribution in [2.24, 2.45) is 33.0 Å². The molecule has 1 aromatic carbocycles. The van der Waals surface area contributed by atoms with Crippen molar-refractivity contribution in [2.45, 2.75) is 77.2 Å². The third-order valence-corrected chi connectivity index (χ3v) is 9.35. The van der Waals surface area contributed by atoms with Gasteiger partial charge in [0.2, 0.25) is 6.41 Å². The van der Waals surface area contributed by atoms with Gasteiger partial charge in [-0.05, 0) is 55.4 Å². The van der Waals surface area contributed by atoms with E-state index in [1.807, 2.05) is 24.8 Å². The fourth-order valence-corrected chi connectivity index (χ4v) is 6.99. The van der Waals surface area contributed by atoms with E-state index < -0.39 is 11.7 Å². The lowest BCUT2D eigenvalue weighted by molar-refractivity contribution is -0.110. The van der Waals surface area contributed by atoms with Gasteiger partial charge in [0.25, 0.3) is 5.92 Å². The first kappa shape index (κ1) is 36.3. The Hall–Kier alpha value is -3.51. The second-order valence-corrected chi connectivity index (χ2v) is 13.2. The number of azo groups is 1. The van der Waals surface area contributed by atoms with Crippen molar-refractivity contribution in [3.63, 3.8) is 0 Å². The summed E-state index contributed by atoms with van der Waals surface area (Å²) in [6, 6.07) is 1.82. The number of aromatic nitrogens is 1. The Kier molecular flexibility index (Phi) is 12.1. The molecule has 9 nitrogen and oxygen atoms in total. The van der Waals surface area contributed by atoms with Crippen molar-refractivity contribution in [2.75, 3.05) is 32.6 Å². The molecule has 4 unspecified atom stereocenters. The predicted octanol–water partition coefficient (Wildman–Crippen LogP) is 5.82. The number of hydrogen-bond acceptors (Lipinski definition) is 8. The number of amides is 1. The molecule has 6 rings (SSSR count). The summed E-state index contributed by atoms with van der Waals surface area (Å²) < 4.78 is 40.6. The van der Waals surface area contributed by atoms with Crippen LogP contribution in [0.3, 0.4) is 0 Å². The second kappa shape index (κ2) is 15.6. The van der Waals surface area contributed by atoms with Gasteiger partial charge in [0.1, 0.15) is 11.2 Å². The van der Waals surface area contributed by atoms with Crippen LogP contribution in [-0.4, -0.2) is 67.3 Å². The van der Waals surface area contributed by atoms with Crippen molar-refractivity contribution >= 4 is 48.1 Å². The van der Waals surface area contributed by atoms with E-state index >= 15 is 4.39 Å². The maximum Gasteiger partial charge on any atom is 0.251 e. The van der Waals surface area contributed by atoms with Crippen LogP contribution in [0.15, 0.2) is 27.5 Å². The van der Waals surface area contributed by atoms with Crippen LogP contribution in [0.4, 0.5) is 24.5 Å². The van der Waals surface area contributed by atoms with Gasteiger partial charge in [-0.25, -0.2) is 18.2 Å². The van der Waals surface area contributed by atoms with Gasteiger partial charge in [0.05, 0.1) is 22.8 Å². The van der Waals surface area contributed by atoms with E-state index in [4.69, 9.17) is 16.7 Å². The minimum absolute atomic E-state index is 0.00335. The highest BCUT2D eigenvalue weighted by atomic mass is 35.5. The van der Waals surface area contributed by atoms with Gasteiger partial charge >= 0.3 is 0 Å². The smallest absolute Gasteiger partial charge is 0.251 e. The molecule has 3 heterocycles. The third kappa shape index (κ3) is 7.97. The number of fused-ring (bicyclic) bond motifs is 1. The summed E-state index contributed by atoms with van der Waals surface area (Å²) >= 11 is 6.77. The fraction of sp³-hybridized carbons (Fsp3) is 0.559. The topological polar surface area (TPSA) is 115 Å². The maximum absolute atomic E-state index is 16.3. The highest BCUT2D eigenvalue weighted by Crippen LogP contribution is 2.53. The van der Waals surface area contributed by atoms with E-state index in [0.29, 0.717) is 64.7 Å². The molecule has 2 aliphatic heterocycles. The Labute approximate surface area is 278 Å². The number of aliphatic hydroxyl groups excluding tert-OH is 1. The summed E-state index contributed by atoms with van der Waals surface area (Å²) in [5.41, 5.74) is 1.82. The first-order valence-corrected chi connectivity index (χ1v) is 16.5. The summed E-state index contributed by atoms with van der Waals surface area (Å²) in [5.74, 6) is -1.36. The Morgan fingerprint density at radius 2 is 2.06 bits per heavy atom. The molecule has 4 atom stereocenters. The minimum Gasteiger partial charge on any atom is -0.400 e. The first-order valence-electron chi connectivity index (χ1n) is 16.1. The normalized spacial score (nSPS) is 24.2. The molecule has 1 amide bonds. The quantitative estimate of drug-likeness (QED) is 0.217. The van der Waals surface area contributed by atoms with Crippen LogP contribution < -0.4 is 21.1 Å². The summed E-state index contributed by atoms with van der Waals surface area (Å²) in [4.78, 5) is 21.7. The number of halogens is 4. The lowest BCUT2D eigenvalue weighted by atomic mass is 10.0. The summed E-state index contributed by atoms with van der Waals surface area (Å²) in [5, 5.41) is 23.8. The van der Waals surface area contributed by atoms with Crippen LogP contribution in [0.25, 0.3) is 12.0 Å². The van der Waals surface area contributed by atoms with Gasteiger partial charge in [0.15, 0.2) is 5.82 Å². The zero-order valence-corrected chi connectivity index (χ0v) is 28.4. The second-order valence-electron chi connectivity index (χ2n) is 12.8. The number of aliphatic hydroxyl groups is 1. The van der Waals surface area contributed by atoms with Crippen LogP contribution in [0.5, 0.6) is 0 Å². The number of carbonyl (C=O) groups excluding carboxylic acids is 1. The monoisotopic (exact) mass is 675 g/mol. The number of pyridine rings is 1. The van der Waals surface area contributed by atoms with Crippen LogP contribution in [0, 0.1) is 34.1 Å². The molecule has 4 aliphatic rings. The van der Waals surface area contributed by atoms with Crippen LogP contribution in [0.1, 0.15) is 70.8 Å². The number of rotatable bonds is 10. The number of likely N-dealkylation sites (tertiary alicyclic amines) is 1. The van der Waals surface area contributed by atoms with E-state index in [0.717, 1.165) is 43.6 Å². The van der Waals surface area contributed by atoms with Crippen molar-refractivity contribution in [3.8, 4) is 0 Å². The molecule has 0 bridgehead atoms. The number of alkyl halides is 2. The van der Waals surface area contributed by atoms with Crippen LogP contribution >= 0.6 is 11.6 Å². The molecule has 1 aromatic heterocycles. The molecule has 1 saturated heterocycles. The number of hydrogen-bond donors (Lipinski definition) is 3. The van der Waals surface area contributed by atoms with Crippen molar-refractivity contribution in [3.05, 3.63) is 49.7 Å². The number of carbonyl (C=O) groups is 1. The number of aliphatic imine (C=N–C) groups is 1. The van der Waals surface area contributed by atoms with E-state index in [-0.39, 0.29) is 35.3 Å². The molecular formula is C34H45ClF3N7O2. The van der Waals surface area contributed by atoms with Gasteiger partial charge in [-0.15, -0.1) is 0 Å². The van der Waals surface area contributed by atoms with Crippen molar-refractivity contribution < 1.29 is 23.1 Å². The van der Waals surface area contributed by atoms with Gasteiger partial charge in [-0.2, -0.15) is 10.2 Å². The average molecular weight is 676 g/mol. The molecule has 256 valence electrons. The Morgan fingerprint density at radius 3 is 2.64 bits per heavy atom. The Balaban J connectivity index is 0.000000390. The molecule has 3 N–H and O–H groups in total. The van der Waals surface area contributed by atoms with E-state index in [9.17, 15) is 13.6 Å². The number of anilines is 1. The van der Waals surface area contributed by atoms with Crippen LogP contribution in [-0.2, 0) is 4.79 Å². The standard InChI is InChI=1S/C26H29ClFN7O.C7H12F2.CH4O/c1-4-5-14-8-16(14)21-19(27)9-20-17(11-33-34-20)22(21)25-23(28)24(29-2)18(10-31-25)26(30-3)35-7-6-15(12-35)32-13-36;1-5(2)3-6-4-7(6,8)9;1-2/h9-11,13-16,29H,3-8,12H2,1-2H3,(H,32,36);5-6H,3-4H2,1-2H3;2H,1H3/b25-22-,26-18+;;. The summed E-state index contributed by atoms with van der Waals surface area (Å²) in [6.45, 7) is 11.1. The molecule has 13 heteroatoms. The zero-order valence-electron chi connectivity index (χ0n) is 27.7. The lowest BCUT2D eigenvalue weighted by Crippen LogP contribution is -2.32. The SMILES string of the molecule is C=N/C(=c1/cn/c(=c2\c(C3CC3CCC)c(Cl)cc3c2=CN=N3)c(F)c1NC)N1CCC(NC=O)C1.CC(C)CC1CC1(F)F.CO. The van der Waals surface area contributed by atoms with Crippen LogP contribution in [0.2, 0.25) is 5.02 Å². The molecule has 2 aromatic rings. The summed E-state index contributed by atoms with van der Waals surface area (Å²) in [6.07, 6.45) is 8.79. The van der Waals surface area contributed by atoms with Crippen molar-refractivity contribution in [1.29, 1.82) is 0 Å². The van der Waals surface area contributed by atoms with E-state index in [2.05, 4.69) is 44.5 Å². The predicted molar refractivity (Wildman–Crippen MR) is 180 cm³/mol. The zero-order chi connectivity index (χ0) is 34.5. The largest absolute Gasteiger partial charge is 0.400 e. The minimum atomic E-state index is -2.30. The van der Waals surface area contributed by atoms with E-state index in [1.165, 1.54) is 0 Å². The third-order valence-electron chi connectivity index (χ3n) is 9.04. The molecule has 2 saturated carbocycles. The molecule has 2 aliphatic carbocycles. The Morgan fingerprint density at radius 1 is 1.34 bits per heavy atom. The highest BCUT2D eigenvalue weighted by Gasteiger charge is 2.56. The van der Waals surface area contributed by atoms with E-state index in [1.54, 1.807) is 19.4 Å². The van der Waals surface area contributed by atoms with Gasteiger partial charge in [-0.1, -0.05) is 45.2 Å². The van der Waals surface area contributed by atoms with Gasteiger partial charge in [-0.3, -0.25) is 9.78 Å². The number of benzene rings is 1. The van der Waals surface area contributed by atoms with Gasteiger partial charge in [0, 0.05) is 67.3 Å². The molecular weight excluding hydrogens is 631 g/mol. The lowest BCUT2D eigenvalue weighted by Gasteiger charge is -2.19. The number of nitrogens with one attached hydrogen (secondary N) is 2. The molecule has 47 heavy (non-hydrogen) atoms. The van der Waals surface area contributed by atoms with Gasteiger partial charge < -0.3 is 20.6 Å². The number of nitrogens with zero attached hydrogens (tertiary/aromatic N) is 5. The highest BCUT2D eigenvalue weighted by molar-refractivity contribution is 6.31. The maximum atomic E-state index is 16.3. The molecule has 0 radical (unpaired) electrons. The fourth-order valence-electron chi connectivity index (χ4n) is 6.65. The first-order chi connectivity index (χ1) is 22.5. The average Bonchev–Trinajstić information content (AvgIpc) is 3.72. The molecule has 3 fully saturated rings. The summed E-state index contributed by atoms with van der Waals surface area (Å²) in [7, 11) is 2.67. The Bertz CT molecular complexity index is 1720.